The van der Waals surface area contributed by atoms with Crippen molar-refractivity contribution >= 4 is 34.4 Å². The van der Waals surface area contributed by atoms with Crippen molar-refractivity contribution in [2.75, 3.05) is 5.32 Å². The topological polar surface area (TPSA) is 98.9 Å². The number of nitrogens with zero attached hydrogens (tertiary/aromatic N) is 4. The molecule has 1 N–H and O–H groups in total. The third-order valence-electron chi connectivity index (χ3n) is 4.90. The highest BCUT2D eigenvalue weighted by atomic mass is 35.5. The van der Waals surface area contributed by atoms with E-state index >= 15 is 0 Å². The van der Waals surface area contributed by atoms with Crippen LogP contribution in [0.2, 0.25) is 5.02 Å². The number of hydrogen-bond donors (Lipinski definition) is 1. The highest BCUT2D eigenvalue weighted by Crippen LogP contribution is 2.33. The third-order valence-corrected chi connectivity index (χ3v) is 5.23. The van der Waals surface area contributed by atoms with Crippen molar-refractivity contribution in [3.63, 3.8) is 0 Å². The summed E-state index contributed by atoms with van der Waals surface area (Å²) in [5.74, 6) is -0.847. The highest BCUT2D eigenvalue weighted by molar-refractivity contribution is 6.33. The number of halogens is 4. The molecule has 0 aliphatic rings. The Hall–Kier alpha value is -3.99. The Labute approximate surface area is 194 Å². The van der Waals surface area contributed by atoms with E-state index < -0.39 is 35.4 Å². The Bertz CT molecular complexity index is 1500. The van der Waals surface area contributed by atoms with E-state index in [0.717, 1.165) is 21.3 Å². The van der Waals surface area contributed by atoms with Crippen molar-refractivity contribution in [1.82, 2.24) is 19.1 Å². The minimum absolute atomic E-state index is 0.0773. The summed E-state index contributed by atoms with van der Waals surface area (Å²) in [6, 6.07) is 11.2. The Kier molecular flexibility index (Phi) is 6.20. The summed E-state index contributed by atoms with van der Waals surface area (Å²) in [6.07, 6.45) is -2.12. The number of hydrogen-bond acceptors (Lipinski definition) is 5. The number of fused-ring (bicyclic) bond motifs is 1. The number of carbonyl (C=O) groups excluding carboxylic acids is 1. The number of amides is 1. The van der Waals surface area contributed by atoms with Gasteiger partial charge in [0.1, 0.15) is 6.54 Å². The Morgan fingerprint density at radius 2 is 1.71 bits per heavy atom. The third kappa shape index (κ3) is 4.69. The van der Waals surface area contributed by atoms with Crippen molar-refractivity contribution in [3.8, 4) is 0 Å². The number of nitrogens with one attached hydrogen (secondary N) is 1. The summed E-state index contributed by atoms with van der Waals surface area (Å²) in [5, 5.41) is 2.16. The van der Waals surface area contributed by atoms with E-state index in [1.165, 1.54) is 12.4 Å². The van der Waals surface area contributed by atoms with Crippen molar-refractivity contribution in [2.24, 2.45) is 0 Å². The van der Waals surface area contributed by atoms with E-state index in [1.54, 1.807) is 30.3 Å². The van der Waals surface area contributed by atoms with Gasteiger partial charge in [-0.1, -0.05) is 41.9 Å². The monoisotopic (exact) mass is 489 g/mol. The molecular weight excluding hydrogens is 475 g/mol. The second-order valence-corrected chi connectivity index (χ2v) is 7.62. The van der Waals surface area contributed by atoms with Crippen LogP contribution in [-0.2, 0) is 24.1 Å². The van der Waals surface area contributed by atoms with Crippen LogP contribution in [0.25, 0.3) is 11.2 Å². The van der Waals surface area contributed by atoms with Gasteiger partial charge in [0.05, 0.1) is 22.8 Å². The zero-order valence-electron chi connectivity index (χ0n) is 17.2. The highest BCUT2D eigenvalue weighted by Gasteiger charge is 2.31. The molecule has 0 radical (unpaired) electrons. The predicted octanol–water partition coefficient (Wildman–Crippen LogP) is 3.31. The average Bonchev–Trinajstić information content (AvgIpc) is 2.81. The maximum absolute atomic E-state index is 13.2. The lowest BCUT2D eigenvalue weighted by Gasteiger charge is -2.14. The molecule has 0 saturated carbocycles. The number of aromatic nitrogens is 4. The first-order valence-electron chi connectivity index (χ1n) is 9.80. The Balaban J connectivity index is 1.73. The van der Waals surface area contributed by atoms with Crippen LogP contribution in [0, 0.1) is 0 Å². The van der Waals surface area contributed by atoms with Crippen molar-refractivity contribution in [2.45, 2.75) is 19.3 Å². The van der Waals surface area contributed by atoms with Gasteiger partial charge in [-0.05, 0) is 23.8 Å². The molecule has 0 aliphatic carbocycles. The van der Waals surface area contributed by atoms with Crippen molar-refractivity contribution in [1.29, 1.82) is 0 Å². The quantitative estimate of drug-likeness (QED) is 0.464. The van der Waals surface area contributed by atoms with E-state index in [-0.39, 0.29) is 28.4 Å². The molecule has 0 saturated heterocycles. The summed E-state index contributed by atoms with van der Waals surface area (Å²) in [4.78, 5) is 46.7. The van der Waals surface area contributed by atoms with E-state index in [0.29, 0.717) is 11.6 Å². The lowest BCUT2D eigenvalue weighted by atomic mass is 10.2. The first-order valence-corrected chi connectivity index (χ1v) is 10.2. The molecule has 1 amide bonds. The van der Waals surface area contributed by atoms with Crippen LogP contribution in [0.4, 0.5) is 18.9 Å². The summed E-state index contributed by atoms with van der Waals surface area (Å²) < 4.78 is 40.9. The predicted molar refractivity (Wildman–Crippen MR) is 119 cm³/mol. The fourth-order valence-electron chi connectivity index (χ4n) is 3.31. The first kappa shape index (κ1) is 23.2. The van der Waals surface area contributed by atoms with Gasteiger partial charge >= 0.3 is 11.9 Å². The molecule has 0 unspecified atom stereocenters. The van der Waals surface area contributed by atoms with Crippen LogP contribution in [0.1, 0.15) is 11.1 Å². The average molecular weight is 490 g/mol. The maximum atomic E-state index is 13.2. The minimum atomic E-state index is -4.64. The van der Waals surface area contributed by atoms with Gasteiger partial charge in [0.15, 0.2) is 11.2 Å². The fraction of sp³-hybridized carbons (Fsp3) is 0.136. The lowest BCUT2D eigenvalue weighted by Crippen LogP contribution is -2.42. The van der Waals surface area contributed by atoms with Gasteiger partial charge in [-0.25, -0.2) is 14.8 Å². The Morgan fingerprint density at radius 3 is 2.41 bits per heavy atom. The molecule has 4 aromatic rings. The molecular formula is C22H15ClF3N5O3. The van der Waals surface area contributed by atoms with Gasteiger partial charge in [0.25, 0.3) is 5.56 Å². The number of rotatable bonds is 5. The number of carbonyl (C=O) groups is 1. The van der Waals surface area contributed by atoms with Gasteiger partial charge in [-0.15, -0.1) is 0 Å². The lowest BCUT2D eigenvalue weighted by molar-refractivity contribution is -0.137. The van der Waals surface area contributed by atoms with Crippen LogP contribution in [0.15, 0.2) is 70.5 Å². The number of benzene rings is 2. The van der Waals surface area contributed by atoms with Gasteiger partial charge in [-0.3, -0.25) is 18.7 Å². The zero-order chi connectivity index (χ0) is 24.5. The van der Waals surface area contributed by atoms with Gasteiger partial charge in [0, 0.05) is 12.4 Å². The molecule has 0 fully saturated rings. The molecule has 0 bridgehead atoms. The second-order valence-electron chi connectivity index (χ2n) is 7.21. The molecule has 8 nitrogen and oxygen atoms in total. The molecule has 174 valence electrons. The summed E-state index contributed by atoms with van der Waals surface area (Å²) in [7, 11) is 0. The Morgan fingerprint density at radius 1 is 1.00 bits per heavy atom. The molecule has 4 rings (SSSR count). The van der Waals surface area contributed by atoms with Crippen molar-refractivity contribution < 1.29 is 18.0 Å². The second kappa shape index (κ2) is 9.10. The maximum Gasteiger partial charge on any atom is 0.416 e. The van der Waals surface area contributed by atoms with E-state index in [9.17, 15) is 27.6 Å². The van der Waals surface area contributed by atoms with Crippen LogP contribution in [0.3, 0.4) is 0 Å². The molecule has 0 spiro atoms. The van der Waals surface area contributed by atoms with Crippen LogP contribution in [-0.4, -0.2) is 25.0 Å². The number of anilines is 1. The molecule has 34 heavy (non-hydrogen) atoms. The zero-order valence-corrected chi connectivity index (χ0v) is 18.0. The van der Waals surface area contributed by atoms with Gasteiger partial charge in [0.2, 0.25) is 5.91 Å². The fourth-order valence-corrected chi connectivity index (χ4v) is 3.47. The minimum Gasteiger partial charge on any atom is -0.323 e. The first-order chi connectivity index (χ1) is 16.1. The SMILES string of the molecule is O=C(Cn1c(=O)n(Cc2ccccc2)c(=O)c2nccnc21)Nc1cc(C(F)(F)F)ccc1Cl. The summed E-state index contributed by atoms with van der Waals surface area (Å²) in [5.41, 5.74) is -2.40. The standard InChI is InChI=1S/C22H15ClF3N5O3/c23-15-7-6-14(22(24,25)26)10-16(15)29-17(32)12-30-19-18(27-8-9-28-19)20(33)31(21(30)34)11-13-4-2-1-3-5-13/h1-10H,11-12H2,(H,29,32). The van der Waals surface area contributed by atoms with E-state index in [2.05, 4.69) is 15.3 Å². The molecule has 2 heterocycles. The van der Waals surface area contributed by atoms with E-state index in [1.807, 2.05) is 0 Å². The van der Waals surface area contributed by atoms with Gasteiger partial charge in [-0.2, -0.15) is 13.2 Å². The van der Waals surface area contributed by atoms with Crippen LogP contribution >= 0.6 is 11.6 Å². The molecule has 2 aromatic heterocycles. The number of alkyl halides is 3. The van der Waals surface area contributed by atoms with Crippen molar-refractivity contribution in [3.05, 3.63) is 97.9 Å². The van der Waals surface area contributed by atoms with Crippen LogP contribution in [0.5, 0.6) is 0 Å². The molecule has 12 heteroatoms. The van der Waals surface area contributed by atoms with E-state index in [4.69, 9.17) is 11.6 Å². The summed E-state index contributed by atoms with van der Waals surface area (Å²) in [6.45, 7) is -0.720. The molecule has 0 atom stereocenters. The molecule has 0 aliphatic heterocycles. The van der Waals surface area contributed by atoms with Gasteiger partial charge < -0.3 is 5.32 Å². The summed E-state index contributed by atoms with van der Waals surface area (Å²) >= 11 is 5.94. The molecule has 2 aromatic carbocycles. The smallest absolute Gasteiger partial charge is 0.323 e. The van der Waals surface area contributed by atoms with Crippen LogP contribution < -0.4 is 16.6 Å². The normalized spacial score (nSPS) is 11.5. The largest absolute Gasteiger partial charge is 0.416 e.